The van der Waals surface area contributed by atoms with E-state index in [9.17, 15) is 18.0 Å². The first-order chi connectivity index (χ1) is 7.79. The highest BCUT2D eigenvalue weighted by Crippen LogP contribution is 2.30. The number of alkyl halides is 3. The summed E-state index contributed by atoms with van der Waals surface area (Å²) in [7, 11) is 0. The molecule has 91 valence electrons. The van der Waals surface area contributed by atoms with E-state index >= 15 is 0 Å². The van der Waals surface area contributed by atoms with E-state index in [0.29, 0.717) is 0 Å². The minimum absolute atomic E-state index is 0.0774. The van der Waals surface area contributed by atoms with Crippen molar-refractivity contribution in [3.05, 3.63) is 22.6 Å². The monoisotopic (exact) mass is 311 g/mol. The van der Waals surface area contributed by atoms with E-state index < -0.39 is 18.9 Å². The Kier molecular flexibility index (Phi) is 2.74. The number of carboxylic acid groups (broad SMARTS) is 1. The van der Waals surface area contributed by atoms with Gasteiger partial charge in [-0.3, -0.25) is 0 Å². The second kappa shape index (κ2) is 3.84. The van der Waals surface area contributed by atoms with Gasteiger partial charge >= 0.3 is 12.3 Å². The number of hydrogen-bond donors (Lipinski definition) is 1. The molecule has 0 unspecified atom stereocenters. The summed E-state index contributed by atoms with van der Waals surface area (Å²) >= 11 is 2.93. The van der Waals surface area contributed by atoms with Crippen molar-refractivity contribution in [3.8, 4) is 0 Å². The molecule has 0 aliphatic carbocycles. The van der Waals surface area contributed by atoms with Crippen LogP contribution < -0.4 is 4.90 Å². The maximum atomic E-state index is 12.5. The number of rotatable bonds is 1. The molecule has 1 N–H and O–H groups in total. The van der Waals surface area contributed by atoms with Crippen LogP contribution >= 0.6 is 15.9 Å². The molecular formula is C8H5BrF3N3O2+. The maximum absolute atomic E-state index is 12.5. The fourth-order valence-corrected chi connectivity index (χ4v) is 1.93. The number of nitrogens with zero attached hydrogens (tertiary/aromatic N) is 3. The van der Waals surface area contributed by atoms with E-state index in [4.69, 9.17) is 5.11 Å². The molecule has 0 aromatic heterocycles. The summed E-state index contributed by atoms with van der Waals surface area (Å²) in [6.07, 6.45) is -2.64. The Balaban J connectivity index is 2.32. The van der Waals surface area contributed by atoms with E-state index in [2.05, 4.69) is 20.9 Å². The summed E-state index contributed by atoms with van der Waals surface area (Å²) in [5, 5.41) is 8.70. The molecule has 2 rings (SSSR count). The smallest absolute Gasteiger partial charge is 0.476 e. The average Bonchev–Trinajstić information content (AvgIpc) is 2.60. The van der Waals surface area contributed by atoms with Crippen LogP contribution in [0.3, 0.4) is 0 Å². The molecule has 0 aromatic rings. The van der Waals surface area contributed by atoms with Crippen molar-refractivity contribution in [2.45, 2.75) is 6.30 Å². The highest BCUT2D eigenvalue weighted by atomic mass is 79.9. The summed E-state index contributed by atoms with van der Waals surface area (Å²) in [6.45, 7) is -0.520. The largest absolute Gasteiger partial charge is 0.488 e. The van der Waals surface area contributed by atoms with Gasteiger partial charge in [0.15, 0.2) is 6.20 Å². The van der Waals surface area contributed by atoms with E-state index in [1.807, 2.05) is 0 Å². The van der Waals surface area contributed by atoms with Crippen molar-refractivity contribution in [2.75, 3.05) is 6.67 Å². The van der Waals surface area contributed by atoms with Crippen LogP contribution in [0.2, 0.25) is 0 Å². The zero-order chi connectivity index (χ0) is 12.8. The van der Waals surface area contributed by atoms with E-state index in [1.165, 1.54) is 0 Å². The van der Waals surface area contributed by atoms with E-state index in [0.717, 1.165) is 17.3 Å². The van der Waals surface area contributed by atoms with Crippen molar-refractivity contribution in [1.29, 1.82) is 0 Å². The van der Waals surface area contributed by atoms with Gasteiger partial charge in [-0.05, 0) is 15.9 Å². The zero-order valence-corrected chi connectivity index (χ0v) is 9.66. The van der Waals surface area contributed by atoms with Gasteiger partial charge in [-0.25, -0.2) is 9.69 Å². The lowest BCUT2D eigenvalue weighted by atomic mass is 10.4. The molecule has 0 aromatic carbocycles. The lowest BCUT2D eigenvalue weighted by molar-refractivity contribution is -0.230. The molecule has 2 aliphatic heterocycles. The summed E-state index contributed by atoms with van der Waals surface area (Å²) < 4.78 is 37.5. The third kappa shape index (κ3) is 2.20. The number of halogens is 4. The Morgan fingerprint density at radius 3 is 2.76 bits per heavy atom. The molecule has 2 heterocycles. The lowest BCUT2D eigenvalue weighted by Crippen LogP contribution is -2.48. The predicted octanol–water partition coefficient (Wildman–Crippen LogP) is 1.49. The molecule has 0 fully saturated rings. The van der Waals surface area contributed by atoms with Gasteiger partial charge in [0, 0.05) is 6.20 Å². The fourth-order valence-electron chi connectivity index (χ4n) is 1.37. The number of aliphatic imine (C=N–C) groups is 1. The van der Waals surface area contributed by atoms with Crippen molar-refractivity contribution in [2.24, 2.45) is 4.99 Å². The Bertz CT molecular complexity index is 469. The average molecular weight is 312 g/mol. The van der Waals surface area contributed by atoms with Gasteiger partial charge in [-0.2, -0.15) is 4.99 Å². The van der Waals surface area contributed by atoms with Gasteiger partial charge in [0.1, 0.15) is 4.48 Å². The molecule has 0 saturated carbocycles. The van der Waals surface area contributed by atoms with E-state index in [1.54, 1.807) is 0 Å². The van der Waals surface area contributed by atoms with Crippen LogP contribution in [0.4, 0.5) is 13.2 Å². The number of carboxylic acids is 1. The fraction of sp³-hybridized carbons (Fsp3) is 0.250. The summed E-state index contributed by atoms with van der Waals surface area (Å²) in [5.41, 5.74) is -0.297. The highest BCUT2D eigenvalue weighted by Gasteiger charge is 2.47. The minimum Gasteiger partial charge on any atom is -0.476 e. The molecule has 0 atom stereocenters. The second-order valence-electron chi connectivity index (χ2n) is 3.28. The quantitative estimate of drug-likeness (QED) is 0.589. The first kappa shape index (κ1) is 12.1. The minimum atomic E-state index is -4.52. The Morgan fingerprint density at radius 1 is 1.59 bits per heavy atom. The first-order valence-electron chi connectivity index (χ1n) is 4.30. The third-order valence-electron chi connectivity index (χ3n) is 2.11. The Morgan fingerprint density at radius 2 is 2.24 bits per heavy atom. The number of aliphatic carboxylic acids is 1. The number of amidine groups is 1. The van der Waals surface area contributed by atoms with Crippen molar-refractivity contribution >= 4 is 27.7 Å². The Labute approximate surface area is 102 Å². The second-order valence-corrected chi connectivity index (χ2v) is 4.14. The molecule has 2 aliphatic rings. The molecule has 0 bridgehead atoms. The van der Waals surface area contributed by atoms with E-state index in [-0.39, 0.29) is 20.9 Å². The van der Waals surface area contributed by atoms with Crippen LogP contribution in [0.1, 0.15) is 0 Å². The third-order valence-corrected chi connectivity index (χ3v) is 2.67. The lowest BCUT2D eigenvalue weighted by Gasteiger charge is -2.25. The molecule has 0 saturated heterocycles. The Hall–Kier alpha value is -1.35. The molecular weight excluding hydrogens is 307 g/mol. The van der Waals surface area contributed by atoms with Gasteiger partial charge in [-0.1, -0.05) is 4.90 Å². The molecule has 5 nitrogen and oxygen atoms in total. The summed E-state index contributed by atoms with van der Waals surface area (Å²) in [6, 6.07) is 0. The van der Waals surface area contributed by atoms with Gasteiger partial charge in [-0.15, -0.1) is 13.2 Å². The summed E-state index contributed by atoms with van der Waals surface area (Å²) in [4.78, 5) is 15.6. The first-order valence-corrected chi connectivity index (χ1v) is 5.10. The summed E-state index contributed by atoms with van der Waals surface area (Å²) in [5.74, 6) is -1.13. The number of hydrogen-bond acceptors (Lipinski definition) is 4. The molecule has 0 spiro atoms. The van der Waals surface area contributed by atoms with Crippen molar-refractivity contribution < 1.29 is 23.1 Å². The van der Waals surface area contributed by atoms with Crippen LogP contribution in [0.5, 0.6) is 0 Å². The molecule has 0 amide bonds. The zero-order valence-electron chi connectivity index (χ0n) is 8.07. The van der Waals surface area contributed by atoms with Crippen molar-refractivity contribution in [1.82, 2.24) is 9.80 Å². The van der Waals surface area contributed by atoms with Gasteiger partial charge in [0.25, 0.3) is 5.84 Å². The van der Waals surface area contributed by atoms with Crippen molar-refractivity contribution in [3.63, 3.8) is 0 Å². The molecule has 1 radical (unpaired) electrons. The normalized spacial score (nSPS) is 20.7. The predicted molar refractivity (Wildman–Crippen MR) is 55.1 cm³/mol. The van der Waals surface area contributed by atoms with Crippen LogP contribution in [0.15, 0.2) is 27.6 Å². The van der Waals surface area contributed by atoms with Crippen LogP contribution in [0.25, 0.3) is 0 Å². The SMILES string of the molecule is O=C(O)C1=C[N+]2CN(C(F)(F)F)C=C(Br)C2=N1. The molecule has 17 heavy (non-hydrogen) atoms. The molecule has 9 heteroatoms. The van der Waals surface area contributed by atoms with Gasteiger partial charge in [0.05, 0.1) is 0 Å². The maximum Gasteiger partial charge on any atom is 0.488 e. The number of carbonyl (C=O) groups is 1. The highest BCUT2D eigenvalue weighted by molar-refractivity contribution is 9.12. The van der Waals surface area contributed by atoms with Gasteiger partial charge in [0.2, 0.25) is 12.4 Å². The van der Waals surface area contributed by atoms with Gasteiger partial charge < -0.3 is 5.11 Å². The standard InChI is InChI=1S/C8H5BrF3N3O2/c9-4-1-15(8(10,11)12)3-14-2-5(7(16)17)13-6(4)14/h1-2H,3H2,(H,16,17)/q+1. The van der Waals surface area contributed by atoms with Crippen LogP contribution in [-0.4, -0.2) is 34.8 Å². The van der Waals surface area contributed by atoms with Crippen LogP contribution in [-0.2, 0) is 4.79 Å². The number of fused-ring (bicyclic) bond motifs is 1. The van der Waals surface area contributed by atoms with Crippen LogP contribution in [0, 0.1) is 0 Å². The topological polar surface area (TPSA) is 58.8 Å².